The van der Waals surface area contributed by atoms with Crippen molar-refractivity contribution in [2.75, 3.05) is 0 Å². The second kappa shape index (κ2) is 3.97. The first-order valence-electron chi connectivity index (χ1n) is 5.32. The molecule has 0 saturated heterocycles. The van der Waals surface area contributed by atoms with E-state index in [-0.39, 0.29) is 0 Å². The molecule has 0 unspecified atom stereocenters. The van der Waals surface area contributed by atoms with E-state index in [4.69, 9.17) is 4.11 Å². The predicted octanol–water partition coefficient (Wildman–Crippen LogP) is 4.91. The van der Waals surface area contributed by atoms with Gasteiger partial charge < -0.3 is 0 Å². The van der Waals surface area contributed by atoms with Crippen LogP contribution in [0.4, 0.5) is 38.4 Å². The maximum Gasteiger partial charge on any atom is 0.416 e. The van der Waals surface area contributed by atoms with Crippen LogP contribution in [0.25, 0.3) is 0 Å². The smallest absolute Gasteiger partial charge is 0.208 e. The van der Waals surface area contributed by atoms with E-state index in [1.54, 1.807) is 0 Å². The number of aromatic nitrogens is 1. The zero-order chi connectivity index (χ0) is 17.4. The van der Waals surface area contributed by atoms with Crippen molar-refractivity contribution in [1.29, 1.82) is 0 Å². The molecule has 1 aromatic heterocycles. The molecule has 1 nitrogen and oxygen atoms in total. The van der Waals surface area contributed by atoms with Crippen LogP contribution in [0.5, 0.6) is 0 Å². The average molecular weight is 310 g/mol. The quantitative estimate of drug-likeness (QED) is 0.364. The fourth-order valence-electron chi connectivity index (χ4n) is 0.615. The van der Waals surface area contributed by atoms with Gasteiger partial charge in [-0.25, -0.2) is 4.57 Å². The largest absolute Gasteiger partial charge is 0.416 e. The Bertz CT molecular complexity index is 442. The summed E-state index contributed by atoms with van der Waals surface area (Å²) in [5.74, 6) is 0. The topological polar surface area (TPSA) is 3.88 Å². The molecule has 0 N–H and O–H groups in total. The average Bonchev–Trinajstić information content (AvgIpc) is 2.10. The van der Waals surface area contributed by atoms with Gasteiger partial charge in [0.1, 0.15) is 11.1 Å². The maximum absolute atomic E-state index is 12.1. The summed E-state index contributed by atoms with van der Waals surface area (Å²) in [5.41, 5.74) is -0.863. The van der Waals surface area contributed by atoms with Crippen LogP contribution in [0.15, 0.2) is 24.5 Å². The minimum absolute atomic E-state index is 0.729. The number of rotatable bonds is 0. The number of alkyl halides is 3. The van der Waals surface area contributed by atoms with Gasteiger partial charge in [0.05, 0.1) is 5.56 Å². The predicted molar refractivity (Wildman–Crippen MR) is 46.2 cm³/mol. The van der Waals surface area contributed by atoms with Gasteiger partial charge in [0, 0.05) is 12.1 Å². The number of pyridine rings is 1. The van der Waals surface area contributed by atoms with Gasteiger partial charge in [0.25, 0.3) is 0 Å². The summed E-state index contributed by atoms with van der Waals surface area (Å²) in [6.45, 7) is -2.44. The molecule has 0 spiro atoms. The SMILES string of the molecule is F[P-](F)(F)(F)(F)F.[2H]C([2H])([2H])[n+]1ccc(C(F)(F)F)cc1. The summed E-state index contributed by atoms with van der Waals surface area (Å²) in [5, 5.41) is 0. The molecular formula is C7H7F9NP. The second-order valence-electron chi connectivity index (χ2n) is 2.95. The summed E-state index contributed by atoms with van der Waals surface area (Å²) in [7, 11) is -10.7. The van der Waals surface area contributed by atoms with E-state index in [1.165, 1.54) is 0 Å². The normalized spacial score (nSPS) is 19.3. The van der Waals surface area contributed by atoms with E-state index < -0.39 is 26.5 Å². The Kier molecular flexibility index (Phi) is 2.65. The van der Waals surface area contributed by atoms with E-state index in [0.717, 1.165) is 29.1 Å². The van der Waals surface area contributed by atoms with Crippen LogP contribution in [0.2, 0.25) is 0 Å². The molecule has 0 bridgehead atoms. The third kappa shape index (κ3) is 13.0. The van der Waals surface area contributed by atoms with Crippen molar-refractivity contribution < 1.29 is 47.0 Å². The number of hydrogen-bond acceptors (Lipinski definition) is 0. The number of hydrogen-bond donors (Lipinski definition) is 0. The van der Waals surface area contributed by atoms with E-state index in [1.807, 2.05) is 0 Å². The minimum atomic E-state index is -10.7. The molecule has 0 aromatic carbocycles. The molecule has 1 rings (SSSR count). The summed E-state index contributed by atoms with van der Waals surface area (Å²) in [6.07, 6.45) is -2.67. The van der Waals surface area contributed by atoms with Crippen LogP contribution >= 0.6 is 7.81 Å². The third-order valence-corrected chi connectivity index (χ3v) is 1.16. The van der Waals surface area contributed by atoms with Gasteiger partial charge in [0.2, 0.25) is 0 Å². The molecule has 0 amide bonds. The molecule has 18 heavy (non-hydrogen) atoms. The van der Waals surface area contributed by atoms with Gasteiger partial charge in [-0.3, -0.25) is 0 Å². The van der Waals surface area contributed by atoms with Crippen LogP contribution in [0.3, 0.4) is 0 Å². The standard InChI is InChI=1S/C7H7F3N.F6P/c1-11-4-2-6(3-5-11)7(8,9)10;1-7(2,3,4,5)6/h2-5H,1H3;/q+1;-1/i1D3;. The van der Waals surface area contributed by atoms with Crippen LogP contribution < -0.4 is 4.57 Å². The van der Waals surface area contributed by atoms with Gasteiger partial charge in [-0.15, -0.1) is 0 Å². The molecule has 0 fully saturated rings. The summed E-state index contributed by atoms with van der Waals surface area (Å²) >= 11 is 0. The molecule has 108 valence electrons. The fraction of sp³-hybridized carbons (Fsp3) is 0.286. The zero-order valence-corrected chi connectivity index (χ0v) is 9.00. The Balaban J connectivity index is 0.000000486. The maximum atomic E-state index is 12.1. The molecule has 0 atom stereocenters. The van der Waals surface area contributed by atoms with Gasteiger partial charge in [-0.2, -0.15) is 13.2 Å². The Hall–Kier alpha value is -1.05. The van der Waals surface area contributed by atoms with Crippen molar-refractivity contribution in [3.8, 4) is 0 Å². The minimum Gasteiger partial charge on any atom is -0.208 e. The van der Waals surface area contributed by atoms with E-state index in [9.17, 15) is 38.4 Å². The Morgan fingerprint density at radius 2 is 1.33 bits per heavy atom. The van der Waals surface area contributed by atoms with E-state index >= 15 is 0 Å². The number of nitrogens with zero attached hydrogens (tertiary/aromatic N) is 1. The summed E-state index contributed by atoms with van der Waals surface area (Å²) in [6, 6.07) is 1.46. The van der Waals surface area contributed by atoms with Gasteiger partial charge in [0.15, 0.2) is 12.4 Å². The van der Waals surface area contributed by atoms with Crippen molar-refractivity contribution in [2.45, 2.75) is 6.18 Å². The fourth-order valence-corrected chi connectivity index (χ4v) is 0.615. The van der Waals surface area contributed by atoms with Crippen molar-refractivity contribution in [3.63, 3.8) is 0 Å². The number of aryl methyl sites for hydroxylation is 1. The molecular weight excluding hydrogens is 300 g/mol. The second-order valence-corrected chi connectivity index (χ2v) is 4.87. The zero-order valence-electron chi connectivity index (χ0n) is 11.1. The van der Waals surface area contributed by atoms with Crippen LogP contribution in [0, 0.1) is 0 Å². The van der Waals surface area contributed by atoms with Crippen LogP contribution in [-0.2, 0) is 13.2 Å². The Morgan fingerprint density at radius 1 is 1.00 bits per heavy atom. The monoisotopic (exact) mass is 310 g/mol. The Labute approximate surface area is 99.3 Å². The number of halogens is 9. The first kappa shape index (κ1) is 12.0. The van der Waals surface area contributed by atoms with E-state index in [2.05, 4.69) is 0 Å². The molecule has 1 heterocycles. The van der Waals surface area contributed by atoms with Crippen LogP contribution in [0.1, 0.15) is 9.68 Å². The van der Waals surface area contributed by atoms with E-state index in [0.29, 0.717) is 0 Å². The molecule has 0 saturated carbocycles. The van der Waals surface area contributed by atoms with Crippen molar-refractivity contribution in [2.24, 2.45) is 6.98 Å². The molecule has 0 radical (unpaired) electrons. The third-order valence-electron chi connectivity index (χ3n) is 1.16. The first-order valence-corrected chi connectivity index (χ1v) is 5.84. The Morgan fingerprint density at radius 3 is 1.56 bits per heavy atom. The molecule has 0 aliphatic rings. The van der Waals surface area contributed by atoms with Crippen molar-refractivity contribution in [3.05, 3.63) is 30.1 Å². The van der Waals surface area contributed by atoms with Gasteiger partial charge in [-0.1, -0.05) is 0 Å². The first-order chi connectivity index (χ1) is 8.66. The van der Waals surface area contributed by atoms with Gasteiger partial charge >= 0.3 is 39.2 Å². The van der Waals surface area contributed by atoms with Gasteiger partial charge in [-0.05, 0) is 0 Å². The summed E-state index contributed by atoms with van der Waals surface area (Å²) in [4.78, 5) is 0. The van der Waals surface area contributed by atoms with Crippen molar-refractivity contribution in [1.82, 2.24) is 0 Å². The van der Waals surface area contributed by atoms with Crippen LogP contribution in [-0.4, -0.2) is 0 Å². The van der Waals surface area contributed by atoms with Crippen molar-refractivity contribution >= 4 is 7.81 Å². The summed E-state index contributed by atoms with van der Waals surface area (Å²) < 4.78 is 117. The molecule has 0 aliphatic carbocycles. The molecule has 11 heteroatoms. The molecule has 0 aliphatic heterocycles. The molecule has 1 aromatic rings.